The van der Waals surface area contributed by atoms with Crippen LogP contribution >= 0.6 is 0 Å². The average Bonchev–Trinajstić information content (AvgIpc) is 2.71. The van der Waals surface area contributed by atoms with Crippen LogP contribution in [0, 0.1) is 6.92 Å². The van der Waals surface area contributed by atoms with Crippen molar-refractivity contribution >= 4 is 11.8 Å². The number of ether oxygens (including phenoxy) is 3. The summed E-state index contributed by atoms with van der Waals surface area (Å²) in [6.07, 6.45) is -4.97. The maximum absolute atomic E-state index is 13.4. The van der Waals surface area contributed by atoms with E-state index in [-0.39, 0.29) is 17.6 Å². The highest BCUT2D eigenvalue weighted by Gasteiger charge is 2.33. The fourth-order valence-electron chi connectivity index (χ4n) is 3.25. The maximum atomic E-state index is 13.4. The maximum Gasteiger partial charge on any atom is 0.416 e. The van der Waals surface area contributed by atoms with E-state index in [4.69, 9.17) is 14.2 Å². The van der Waals surface area contributed by atoms with Crippen molar-refractivity contribution in [3.8, 4) is 17.6 Å². The minimum atomic E-state index is -4.54. The molecule has 1 fully saturated rings. The molecule has 0 spiro atoms. The van der Waals surface area contributed by atoms with E-state index in [1.165, 1.54) is 13.2 Å². The van der Waals surface area contributed by atoms with E-state index < -0.39 is 23.4 Å². The molecule has 0 saturated carbocycles. The van der Waals surface area contributed by atoms with Crippen LogP contribution in [-0.2, 0) is 10.9 Å². The van der Waals surface area contributed by atoms with E-state index in [1.807, 2.05) is 4.90 Å². The zero-order valence-corrected chi connectivity index (χ0v) is 19.2. The van der Waals surface area contributed by atoms with Crippen molar-refractivity contribution in [2.24, 2.45) is 0 Å². The lowest BCUT2D eigenvalue weighted by atomic mass is 10.1. The van der Waals surface area contributed by atoms with Gasteiger partial charge in [0.25, 0.3) is 0 Å². The Morgan fingerprint density at radius 2 is 1.70 bits per heavy atom. The lowest BCUT2D eigenvalue weighted by molar-refractivity contribution is -0.137. The number of nitrogens with zero attached hydrogens (tertiary/aromatic N) is 4. The molecule has 2 aromatic rings. The summed E-state index contributed by atoms with van der Waals surface area (Å²) in [5.74, 6) is 0.195. The topological polar surface area (TPSA) is 77.0 Å². The van der Waals surface area contributed by atoms with Crippen LogP contribution in [0.1, 0.15) is 32.0 Å². The predicted octanol–water partition coefficient (Wildman–Crippen LogP) is 4.66. The van der Waals surface area contributed by atoms with Crippen molar-refractivity contribution in [3.05, 3.63) is 35.5 Å². The van der Waals surface area contributed by atoms with Crippen LogP contribution in [0.15, 0.2) is 24.3 Å². The third-order valence-corrected chi connectivity index (χ3v) is 4.78. The van der Waals surface area contributed by atoms with Gasteiger partial charge in [-0.05, 0) is 45.9 Å². The number of carbonyl (C=O) groups excluding carboxylic acids is 1. The van der Waals surface area contributed by atoms with E-state index in [9.17, 15) is 18.0 Å². The van der Waals surface area contributed by atoms with E-state index in [2.05, 4.69) is 9.97 Å². The van der Waals surface area contributed by atoms with Crippen LogP contribution < -0.4 is 14.4 Å². The second-order valence-electron chi connectivity index (χ2n) is 8.57. The second kappa shape index (κ2) is 9.32. The van der Waals surface area contributed by atoms with Crippen LogP contribution in [0.2, 0.25) is 0 Å². The van der Waals surface area contributed by atoms with Crippen molar-refractivity contribution < 1.29 is 32.2 Å². The molecular weight excluding hydrogens is 441 g/mol. The number of piperazine rings is 1. The highest BCUT2D eigenvalue weighted by Crippen LogP contribution is 2.38. The first-order valence-corrected chi connectivity index (χ1v) is 10.4. The third-order valence-electron chi connectivity index (χ3n) is 4.78. The minimum Gasteiger partial charge on any atom is -0.481 e. The Bertz CT molecular complexity index is 1000. The van der Waals surface area contributed by atoms with Crippen LogP contribution in [0.25, 0.3) is 0 Å². The van der Waals surface area contributed by atoms with Gasteiger partial charge in [0.15, 0.2) is 5.75 Å². The van der Waals surface area contributed by atoms with Gasteiger partial charge in [0, 0.05) is 37.9 Å². The molecule has 0 bridgehead atoms. The fraction of sp³-hybridized carbons (Fsp3) is 0.500. The highest BCUT2D eigenvalue weighted by molar-refractivity contribution is 5.69. The number of carbonyl (C=O) groups is 1. The molecule has 1 aliphatic rings. The van der Waals surface area contributed by atoms with Gasteiger partial charge in [0.2, 0.25) is 5.88 Å². The Balaban J connectivity index is 1.85. The predicted molar refractivity (Wildman–Crippen MR) is 115 cm³/mol. The molecule has 0 N–H and O–H groups in total. The fourth-order valence-corrected chi connectivity index (χ4v) is 3.25. The van der Waals surface area contributed by atoms with Gasteiger partial charge in [0.1, 0.15) is 5.60 Å². The van der Waals surface area contributed by atoms with Gasteiger partial charge >= 0.3 is 18.3 Å². The molecule has 0 aliphatic carbocycles. The Morgan fingerprint density at radius 3 is 2.27 bits per heavy atom. The van der Waals surface area contributed by atoms with Gasteiger partial charge in [-0.25, -0.2) is 4.79 Å². The molecule has 1 aromatic heterocycles. The number of rotatable bonds is 4. The first-order valence-electron chi connectivity index (χ1n) is 10.4. The minimum absolute atomic E-state index is 0.0387. The molecule has 2 heterocycles. The normalized spacial score (nSPS) is 14.8. The first-order chi connectivity index (χ1) is 15.4. The summed E-state index contributed by atoms with van der Waals surface area (Å²) >= 11 is 0. The molecule has 1 aromatic carbocycles. The van der Waals surface area contributed by atoms with Crippen molar-refractivity contribution in [3.63, 3.8) is 0 Å². The summed E-state index contributed by atoms with van der Waals surface area (Å²) in [6, 6.07) is 4.73. The van der Waals surface area contributed by atoms with E-state index >= 15 is 0 Å². The quantitative estimate of drug-likeness (QED) is 0.646. The van der Waals surface area contributed by atoms with Crippen molar-refractivity contribution in [2.75, 3.05) is 38.2 Å². The molecule has 1 amide bonds. The lowest BCUT2D eigenvalue weighted by Gasteiger charge is -2.37. The number of anilines is 1. The van der Waals surface area contributed by atoms with Crippen molar-refractivity contribution in [1.82, 2.24) is 14.9 Å². The number of methoxy groups -OCH3 is 1. The summed E-state index contributed by atoms with van der Waals surface area (Å²) in [5, 5.41) is 0. The summed E-state index contributed by atoms with van der Waals surface area (Å²) in [4.78, 5) is 24.0. The number of aryl methyl sites for hydroxylation is 1. The first kappa shape index (κ1) is 24.4. The largest absolute Gasteiger partial charge is 0.481 e. The molecular formula is C22H27F3N4O4. The van der Waals surface area contributed by atoms with E-state index in [0.29, 0.717) is 37.6 Å². The standard InChI is InChI=1S/C22H27F3N4O4/c1-14-12-18(31-5)27-19(26-14)32-17-13-15(22(23,24)25)6-7-16(17)28-8-10-29(11-9-28)20(30)33-21(2,3)4/h6-7,12-13H,8-11H2,1-5H3. The van der Waals surface area contributed by atoms with Crippen molar-refractivity contribution in [2.45, 2.75) is 39.5 Å². The molecule has 180 valence electrons. The number of halogens is 3. The SMILES string of the molecule is COc1cc(C)nc(Oc2cc(C(F)(F)F)ccc2N2CCN(C(=O)OC(C)(C)C)CC2)n1. The zero-order valence-electron chi connectivity index (χ0n) is 19.2. The Labute approximate surface area is 190 Å². The summed E-state index contributed by atoms with van der Waals surface area (Å²) in [6.45, 7) is 8.53. The van der Waals surface area contributed by atoms with Crippen LogP contribution in [-0.4, -0.2) is 59.9 Å². The van der Waals surface area contributed by atoms with Gasteiger partial charge in [0.05, 0.1) is 18.4 Å². The third kappa shape index (κ3) is 6.39. The Morgan fingerprint density at radius 1 is 1.03 bits per heavy atom. The monoisotopic (exact) mass is 468 g/mol. The molecule has 11 heteroatoms. The number of alkyl halides is 3. The lowest BCUT2D eigenvalue weighted by Crippen LogP contribution is -2.50. The molecule has 1 aliphatic heterocycles. The second-order valence-corrected chi connectivity index (χ2v) is 8.57. The molecule has 0 atom stereocenters. The molecule has 3 rings (SSSR count). The van der Waals surface area contributed by atoms with Gasteiger partial charge < -0.3 is 24.0 Å². The van der Waals surface area contributed by atoms with E-state index in [0.717, 1.165) is 12.1 Å². The van der Waals surface area contributed by atoms with Crippen LogP contribution in [0.4, 0.5) is 23.7 Å². The number of aromatic nitrogens is 2. The summed E-state index contributed by atoms with van der Waals surface area (Å²) < 4.78 is 56.3. The number of benzene rings is 1. The van der Waals surface area contributed by atoms with E-state index in [1.54, 1.807) is 38.7 Å². The van der Waals surface area contributed by atoms with Gasteiger partial charge in [-0.15, -0.1) is 0 Å². The van der Waals surface area contributed by atoms with Gasteiger partial charge in [-0.1, -0.05) is 0 Å². The zero-order chi connectivity index (χ0) is 24.4. The Hall–Kier alpha value is -3.24. The van der Waals surface area contributed by atoms with Crippen molar-refractivity contribution in [1.29, 1.82) is 0 Å². The van der Waals surface area contributed by atoms with Gasteiger partial charge in [-0.2, -0.15) is 23.1 Å². The highest BCUT2D eigenvalue weighted by atomic mass is 19.4. The Kier molecular flexibility index (Phi) is 6.89. The molecule has 8 nitrogen and oxygen atoms in total. The molecule has 1 saturated heterocycles. The summed E-state index contributed by atoms with van der Waals surface area (Å²) in [5.41, 5.74) is -0.488. The number of amides is 1. The number of hydrogen-bond acceptors (Lipinski definition) is 7. The van der Waals surface area contributed by atoms with Crippen LogP contribution in [0.3, 0.4) is 0 Å². The smallest absolute Gasteiger partial charge is 0.416 e. The average molecular weight is 468 g/mol. The molecule has 0 unspecified atom stereocenters. The molecule has 33 heavy (non-hydrogen) atoms. The molecule has 0 radical (unpaired) electrons. The van der Waals surface area contributed by atoms with Crippen LogP contribution in [0.5, 0.6) is 17.6 Å². The van der Waals surface area contributed by atoms with Gasteiger partial charge in [-0.3, -0.25) is 0 Å². The number of hydrogen-bond donors (Lipinski definition) is 0. The summed E-state index contributed by atoms with van der Waals surface area (Å²) in [7, 11) is 1.42.